The van der Waals surface area contributed by atoms with Crippen molar-refractivity contribution >= 4 is 0 Å². The fourth-order valence-electron chi connectivity index (χ4n) is 8.15. The Morgan fingerprint density at radius 2 is 1.74 bits per heavy atom. The van der Waals surface area contributed by atoms with Crippen LogP contribution in [0.2, 0.25) is 0 Å². The molecule has 4 fully saturated rings. The van der Waals surface area contributed by atoms with Crippen molar-refractivity contribution in [2.24, 2.45) is 34.5 Å². The Hall–Kier alpha value is -0.820. The van der Waals surface area contributed by atoms with Crippen LogP contribution < -0.4 is 0 Å². The van der Waals surface area contributed by atoms with Gasteiger partial charge in [0.1, 0.15) is 0 Å². The zero-order valence-electron chi connectivity index (χ0n) is 17.5. The van der Waals surface area contributed by atoms with E-state index < -0.39 is 0 Å². The molecule has 4 aliphatic carbocycles. The van der Waals surface area contributed by atoms with Gasteiger partial charge in [0.25, 0.3) is 0 Å². The summed E-state index contributed by atoms with van der Waals surface area (Å²) in [6.45, 7) is 6.10. The third kappa shape index (κ3) is 3.09. The second kappa shape index (κ2) is 6.90. The van der Waals surface area contributed by atoms with Crippen molar-refractivity contribution in [2.75, 3.05) is 0 Å². The van der Waals surface area contributed by atoms with Crippen molar-refractivity contribution in [3.05, 3.63) is 35.9 Å². The first-order chi connectivity index (χ1) is 13.1. The number of hydrogen-bond acceptors (Lipinski definition) is 1. The Balaban J connectivity index is 1.25. The molecule has 0 amide bonds. The highest BCUT2D eigenvalue weighted by Crippen LogP contribution is 2.66. The first-order valence-corrected chi connectivity index (χ1v) is 11.7. The van der Waals surface area contributed by atoms with Gasteiger partial charge in [-0.3, -0.25) is 0 Å². The minimum atomic E-state index is 0.486. The van der Waals surface area contributed by atoms with Gasteiger partial charge in [-0.15, -0.1) is 0 Å². The van der Waals surface area contributed by atoms with Crippen LogP contribution in [0, 0.1) is 34.5 Å². The molecule has 0 bridgehead atoms. The SMILES string of the molecule is C[C@@]12CCC[C@@H]1[C@@H]1CC[C@H]3C[C@@H](OCc4ccccc4)CC[C@]3(C)[C@@H]1CC2. The van der Waals surface area contributed by atoms with Crippen LogP contribution in [-0.2, 0) is 11.3 Å². The predicted molar refractivity (Wildman–Crippen MR) is 111 cm³/mol. The second-order valence-electron chi connectivity index (χ2n) is 10.9. The molecule has 0 spiro atoms. The Labute approximate surface area is 166 Å². The van der Waals surface area contributed by atoms with Crippen molar-refractivity contribution < 1.29 is 4.74 Å². The quantitative estimate of drug-likeness (QED) is 0.559. The van der Waals surface area contributed by atoms with Gasteiger partial charge < -0.3 is 4.74 Å². The maximum Gasteiger partial charge on any atom is 0.0720 e. The van der Waals surface area contributed by atoms with Crippen LogP contribution in [0.15, 0.2) is 30.3 Å². The standard InChI is InChI=1S/C26H38O/c1-25-14-6-9-23(25)22-11-10-20-17-21(27-18-19-7-4-3-5-8-19)12-16-26(20,2)24(22)13-15-25/h3-5,7-8,20-24H,6,9-18H2,1-2H3/t20-,21-,22-,23+,24+,25-,26-/m0/s1. The van der Waals surface area contributed by atoms with Crippen molar-refractivity contribution in [3.63, 3.8) is 0 Å². The molecule has 1 aromatic carbocycles. The normalized spacial score (nSPS) is 46.4. The molecule has 0 saturated heterocycles. The monoisotopic (exact) mass is 366 g/mol. The topological polar surface area (TPSA) is 9.23 Å². The number of fused-ring (bicyclic) bond motifs is 5. The zero-order valence-corrected chi connectivity index (χ0v) is 17.5. The van der Waals surface area contributed by atoms with E-state index >= 15 is 0 Å². The highest BCUT2D eigenvalue weighted by Gasteiger charge is 2.57. The summed E-state index contributed by atoms with van der Waals surface area (Å²) in [5, 5.41) is 0. The van der Waals surface area contributed by atoms with E-state index in [2.05, 4.69) is 44.2 Å². The van der Waals surface area contributed by atoms with Gasteiger partial charge in [-0.2, -0.15) is 0 Å². The van der Waals surface area contributed by atoms with Crippen LogP contribution in [-0.4, -0.2) is 6.10 Å². The van der Waals surface area contributed by atoms with Gasteiger partial charge in [-0.25, -0.2) is 0 Å². The van der Waals surface area contributed by atoms with Crippen molar-refractivity contribution in [2.45, 2.75) is 90.8 Å². The molecule has 0 radical (unpaired) electrons. The molecule has 4 aliphatic rings. The summed E-state index contributed by atoms with van der Waals surface area (Å²) >= 11 is 0. The van der Waals surface area contributed by atoms with E-state index in [1.54, 1.807) is 0 Å². The zero-order chi connectivity index (χ0) is 18.5. The molecular weight excluding hydrogens is 328 g/mol. The first kappa shape index (κ1) is 18.2. The molecule has 1 nitrogen and oxygen atoms in total. The number of hydrogen-bond donors (Lipinski definition) is 0. The van der Waals surface area contributed by atoms with Gasteiger partial charge >= 0.3 is 0 Å². The summed E-state index contributed by atoms with van der Waals surface area (Å²) in [6, 6.07) is 10.7. The van der Waals surface area contributed by atoms with Crippen LogP contribution >= 0.6 is 0 Å². The second-order valence-corrected chi connectivity index (χ2v) is 10.9. The molecule has 5 rings (SSSR count). The molecule has 148 valence electrons. The summed E-state index contributed by atoms with van der Waals surface area (Å²) < 4.78 is 6.38. The molecule has 7 atom stereocenters. The Morgan fingerprint density at radius 1 is 0.889 bits per heavy atom. The van der Waals surface area contributed by atoms with E-state index in [9.17, 15) is 0 Å². The van der Waals surface area contributed by atoms with Crippen LogP contribution in [0.3, 0.4) is 0 Å². The van der Waals surface area contributed by atoms with Crippen LogP contribution in [0.4, 0.5) is 0 Å². The van der Waals surface area contributed by atoms with E-state index in [1.807, 2.05) is 0 Å². The Kier molecular flexibility index (Phi) is 4.66. The van der Waals surface area contributed by atoms with Crippen molar-refractivity contribution in [1.82, 2.24) is 0 Å². The average molecular weight is 367 g/mol. The summed E-state index contributed by atoms with van der Waals surface area (Å²) in [4.78, 5) is 0. The summed E-state index contributed by atoms with van der Waals surface area (Å²) in [7, 11) is 0. The van der Waals surface area contributed by atoms with Crippen molar-refractivity contribution in [3.8, 4) is 0 Å². The van der Waals surface area contributed by atoms with Crippen LogP contribution in [0.25, 0.3) is 0 Å². The molecule has 1 heteroatoms. The van der Waals surface area contributed by atoms with Gasteiger partial charge in [0.15, 0.2) is 0 Å². The van der Waals surface area contributed by atoms with Crippen LogP contribution in [0.5, 0.6) is 0 Å². The van der Waals surface area contributed by atoms with Gasteiger partial charge in [0.2, 0.25) is 0 Å². The Bertz CT molecular complexity index is 653. The fraction of sp³-hybridized carbons (Fsp3) is 0.769. The molecule has 1 aromatic rings. The number of benzene rings is 1. The lowest BCUT2D eigenvalue weighted by atomic mass is 9.45. The minimum Gasteiger partial charge on any atom is -0.374 e. The molecule has 0 unspecified atom stereocenters. The molecule has 0 aliphatic heterocycles. The highest BCUT2D eigenvalue weighted by molar-refractivity contribution is 5.13. The summed E-state index contributed by atoms with van der Waals surface area (Å²) in [6.07, 6.45) is 15.0. The van der Waals surface area contributed by atoms with E-state index in [0.717, 1.165) is 30.3 Å². The van der Waals surface area contributed by atoms with Crippen LogP contribution in [0.1, 0.15) is 83.6 Å². The third-order valence-corrected chi connectivity index (χ3v) is 9.73. The largest absolute Gasteiger partial charge is 0.374 e. The van der Waals surface area contributed by atoms with Crippen molar-refractivity contribution in [1.29, 1.82) is 0 Å². The van der Waals surface area contributed by atoms with E-state index in [0.29, 0.717) is 16.9 Å². The maximum absolute atomic E-state index is 6.38. The lowest BCUT2D eigenvalue weighted by Gasteiger charge is -2.60. The smallest absolute Gasteiger partial charge is 0.0720 e. The number of rotatable bonds is 3. The first-order valence-electron chi connectivity index (χ1n) is 11.7. The van der Waals surface area contributed by atoms with E-state index in [1.165, 1.54) is 69.8 Å². The van der Waals surface area contributed by atoms with Gasteiger partial charge in [-0.05, 0) is 97.9 Å². The summed E-state index contributed by atoms with van der Waals surface area (Å²) in [5.74, 6) is 3.98. The molecule has 27 heavy (non-hydrogen) atoms. The summed E-state index contributed by atoms with van der Waals surface area (Å²) in [5.41, 5.74) is 2.61. The fourth-order valence-corrected chi connectivity index (χ4v) is 8.15. The lowest BCUT2D eigenvalue weighted by molar-refractivity contribution is -0.131. The lowest BCUT2D eigenvalue weighted by Crippen LogP contribution is -2.53. The maximum atomic E-state index is 6.38. The highest BCUT2D eigenvalue weighted by atomic mass is 16.5. The Morgan fingerprint density at radius 3 is 2.59 bits per heavy atom. The molecule has 0 heterocycles. The predicted octanol–water partition coefficient (Wildman–Crippen LogP) is 7.00. The van der Waals surface area contributed by atoms with E-state index in [-0.39, 0.29) is 0 Å². The minimum absolute atomic E-state index is 0.486. The average Bonchev–Trinajstić information content (AvgIpc) is 3.09. The number of ether oxygens (including phenoxy) is 1. The van der Waals surface area contributed by atoms with Gasteiger partial charge in [0.05, 0.1) is 12.7 Å². The molecule has 0 aromatic heterocycles. The van der Waals surface area contributed by atoms with E-state index in [4.69, 9.17) is 4.74 Å². The van der Waals surface area contributed by atoms with Gasteiger partial charge in [0, 0.05) is 0 Å². The third-order valence-electron chi connectivity index (χ3n) is 9.73. The molecule has 0 N–H and O–H groups in total. The molecular formula is C26H38O. The molecule has 4 saturated carbocycles. The van der Waals surface area contributed by atoms with Gasteiger partial charge in [-0.1, -0.05) is 50.6 Å².